The fourth-order valence-electron chi connectivity index (χ4n) is 2.66. The normalized spacial score (nSPS) is 11.5. The van der Waals surface area contributed by atoms with Gasteiger partial charge in [-0.2, -0.15) is 0 Å². The summed E-state index contributed by atoms with van der Waals surface area (Å²) >= 11 is 7.15. The minimum Gasteiger partial charge on any atom is -0.358 e. The average molecular weight is 436 g/mol. The van der Waals surface area contributed by atoms with Gasteiger partial charge in [0, 0.05) is 13.5 Å². The fraction of sp³-hybridized carbons (Fsp3) is 0.300. The van der Waals surface area contributed by atoms with Crippen molar-refractivity contribution in [1.29, 1.82) is 0 Å². The van der Waals surface area contributed by atoms with Crippen molar-refractivity contribution in [3.05, 3.63) is 51.9 Å². The van der Waals surface area contributed by atoms with E-state index in [0.29, 0.717) is 9.34 Å². The molecule has 0 saturated heterocycles. The molecule has 0 saturated carbocycles. The molecule has 1 aromatic carbocycles. The predicted octanol–water partition coefficient (Wildman–Crippen LogP) is 2.45. The van der Waals surface area contributed by atoms with Crippen LogP contribution in [0.25, 0.3) is 0 Å². The van der Waals surface area contributed by atoms with Crippen LogP contribution in [0.5, 0.6) is 0 Å². The van der Waals surface area contributed by atoms with Crippen LogP contribution in [0, 0.1) is 0 Å². The second-order valence-electron chi connectivity index (χ2n) is 6.22. The Kier molecular flexibility index (Phi) is 8.98. The number of aldehydes is 1. The lowest BCUT2D eigenvalue weighted by molar-refractivity contribution is -0.122. The van der Waals surface area contributed by atoms with E-state index in [1.54, 1.807) is 0 Å². The number of carbonyl (C=O) groups is 4. The molecule has 0 aliphatic heterocycles. The van der Waals surface area contributed by atoms with Gasteiger partial charge in [0.15, 0.2) is 5.78 Å². The second kappa shape index (κ2) is 11.5. The third kappa shape index (κ3) is 7.08. The standard InChI is InChI=1S/C20H22ClN3O4S/c1-22-19(28)15(8-5-9-25)23-12-16(26)14-11-17(21)29-20(14)24-18(27)10-13-6-3-2-4-7-13/h2-4,6-7,9,11,15,23H,5,8,10,12H2,1H3,(H,22,28)(H,24,27). The van der Waals surface area contributed by atoms with E-state index in [0.717, 1.165) is 23.2 Å². The first kappa shape index (κ1) is 22.7. The largest absolute Gasteiger partial charge is 0.358 e. The number of anilines is 1. The van der Waals surface area contributed by atoms with E-state index < -0.39 is 6.04 Å². The van der Waals surface area contributed by atoms with E-state index in [4.69, 9.17) is 11.6 Å². The molecule has 29 heavy (non-hydrogen) atoms. The molecule has 2 aromatic rings. The smallest absolute Gasteiger partial charge is 0.236 e. The first-order chi connectivity index (χ1) is 13.9. The number of likely N-dealkylation sites (N-methyl/N-ethyl adjacent to an activating group) is 1. The highest BCUT2D eigenvalue weighted by Crippen LogP contribution is 2.32. The maximum absolute atomic E-state index is 12.6. The van der Waals surface area contributed by atoms with Crippen LogP contribution in [0.15, 0.2) is 36.4 Å². The Hall–Kier alpha value is -2.55. The molecule has 1 atom stereocenters. The first-order valence-electron chi connectivity index (χ1n) is 8.99. The number of hydrogen-bond acceptors (Lipinski definition) is 6. The number of ketones is 1. The third-order valence-corrected chi connectivity index (χ3v) is 5.29. The quantitative estimate of drug-likeness (QED) is 0.371. The van der Waals surface area contributed by atoms with Crippen LogP contribution in [-0.2, 0) is 20.8 Å². The number of amides is 2. The summed E-state index contributed by atoms with van der Waals surface area (Å²) in [5.74, 6) is -0.881. The van der Waals surface area contributed by atoms with Crippen LogP contribution in [0.2, 0.25) is 4.34 Å². The van der Waals surface area contributed by atoms with Crippen LogP contribution < -0.4 is 16.0 Å². The van der Waals surface area contributed by atoms with Crippen molar-refractivity contribution in [2.45, 2.75) is 25.3 Å². The number of rotatable bonds is 11. The zero-order valence-corrected chi connectivity index (χ0v) is 17.4. The molecule has 2 rings (SSSR count). The zero-order chi connectivity index (χ0) is 21.2. The van der Waals surface area contributed by atoms with Crippen molar-refractivity contribution >= 4 is 51.8 Å². The molecule has 0 bridgehead atoms. The molecule has 0 radical (unpaired) electrons. The summed E-state index contributed by atoms with van der Waals surface area (Å²) in [6, 6.07) is 10.1. The van der Waals surface area contributed by atoms with E-state index in [9.17, 15) is 19.2 Å². The van der Waals surface area contributed by atoms with Crippen LogP contribution >= 0.6 is 22.9 Å². The summed E-state index contributed by atoms with van der Waals surface area (Å²) < 4.78 is 0.368. The van der Waals surface area contributed by atoms with Crippen LogP contribution in [0.3, 0.4) is 0 Å². The Balaban J connectivity index is 2.02. The lowest BCUT2D eigenvalue weighted by Crippen LogP contribution is -2.44. The van der Waals surface area contributed by atoms with Gasteiger partial charge in [0.25, 0.3) is 0 Å². The van der Waals surface area contributed by atoms with Gasteiger partial charge in [-0.1, -0.05) is 41.9 Å². The maximum atomic E-state index is 12.6. The lowest BCUT2D eigenvalue weighted by Gasteiger charge is -2.15. The fourth-order valence-corrected chi connectivity index (χ4v) is 3.82. The van der Waals surface area contributed by atoms with E-state index in [1.165, 1.54) is 13.1 Å². The number of hydrogen-bond donors (Lipinski definition) is 3. The van der Waals surface area contributed by atoms with Crippen LogP contribution in [-0.4, -0.2) is 43.5 Å². The van der Waals surface area contributed by atoms with Crippen molar-refractivity contribution in [1.82, 2.24) is 10.6 Å². The molecular weight excluding hydrogens is 414 g/mol. The molecule has 3 N–H and O–H groups in total. The summed E-state index contributed by atoms with van der Waals surface area (Å²) in [5, 5.41) is 8.46. The average Bonchev–Trinajstić information content (AvgIpc) is 3.08. The number of thiophene rings is 1. The maximum Gasteiger partial charge on any atom is 0.236 e. The molecule has 1 aromatic heterocycles. The molecule has 2 amide bonds. The van der Waals surface area contributed by atoms with E-state index >= 15 is 0 Å². The molecular formula is C20H22ClN3O4S. The van der Waals surface area contributed by atoms with Crippen LogP contribution in [0.1, 0.15) is 28.8 Å². The molecule has 1 unspecified atom stereocenters. The van der Waals surface area contributed by atoms with Crippen molar-refractivity contribution in [2.24, 2.45) is 0 Å². The molecule has 7 nitrogen and oxygen atoms in total. The first-order valence-corrected chi connectivity index (χ1v) is 10.2. The van der Waals surface area contributed by atoms with Crippen molar-refractivity contribution in [2.75, 3.05) is 18.9 Å². The molecule has 9 heteroatoms. The van der Waals surface area contributed by atoms with Crippen LogP contribution in [0.4, 0.5) is 5.00 Å². The summed E-state index contributed by atoms with van der Waals surface area (Å²) in [7, 11) is 1.48. The number of carbonyl (C=O) groups excluding carboxylic acids is 4. The Labute approximate surface area is 177 Å². The third-order valence-electron chi connectivity index (χ3n) is 4.11. The van der Waals surface area contributed by atoms with Gasteiger partial charge in [-0.05, 0) is 18.1 Å². The zero-order valence-electron chi connectivity index (χ0n) is 15.9. The topological polar surface area (TPSA) is 104 Å². The lowest BCUT2D eigenvalue weighted by atomic mass is 10.1. The van der Waals surface area contributed by atoms with Crippen molar-refractivity contribution in [3.63, 3.8) is 0 Å². The second-order valence-corrected chi connectivity index (χ2v) is 7.90. The van der Waals surface area contributed by atoms with Crippen molar-refractivity contribution < 1.29 is 19.2 Å². The number of halogens is 1. The highest BCUT2D eigenvalue weighted by molar-refractivity contribution is 7.20. The van der Waals surface area contributed by atoms with Gasteiger partial charge in [0.05, 0.1) is 28.9 Å². The highest BCUT2D eigenvalue weighted by atomic mass is 35.5. The Morgan fingerprint density at radius 2 is 1.93 bits per heavy atom. The van der Waals surface area contributed by atoms with Gasteiger partial charge < -0.3 is 15.4 Å². The molecule has 0 aliphatic rings. The molecule has 0 fully saturated rings. The summed E-state index contributed by atoms with van der Waals surface area (Å²) in [5.41, 5.74) is 1.13. The van der Waals surface area contributed by atoms with Gasteiger partial charge in [-0.15, -0.1) is 11.3 Å². The Morgan fingerprint density at radius 3 is 2.59 bits per heavy atom. The van der Waals surface area contributed by atoms with E-state index in [2.05, 4.69) is 16.0 Å². The van der Waals surface area contributed by atoms with E-state index in [1.807, 2.05) is 30.3 Å². The van der Waals surface area contributed by atoms with Gasteiger partial charge >= 0.3 is 0 Å². The Morgan fingerprint density at radius 1 is 1.21 bits per heavy atom. The molecule has 154 valence electrons. The summed E-state index contributed by atoms with van der Waals surface area (Å²) in [4.78, 5) is 47.4. The van der Waals surface area contributed by atoms with Gasteiger partial charge in [-0.3, -0.25) is 19.7 Å². The Bertz CT molecular complexity index is 870. The predicted molar refractivity (Wildman–Crippen MR) is 114 cm³/mol. The minimum absolute atomic E-state index is 0.133. The monoisotopic (exact) mass is 435 g/mol. The minimum atomic E-state index is -0.667. The number of nitrogens with one attached hydrogen (secondary N) is 3. The molecule has 0 spiro atoms. The number of Topliss-reactive ketones (excluding diaryl/α,β-unsaturated/α-hetero) is 1. The van der Waals surface area contributed by atoms with Gasteiger partial charge in [0.2, 0.25) is 11.8 Å². The van der Waals surface area contributed by atoms with Gasteiger partial charge in [-0.25, -0.2) is 0 Å². The van der Waals surface area contributed by atoms with E-state index in [-0.39, 0.29) is 49.0 Å². The number of benzene rings is 1. The van der Waals surface area contributed by atoms with Crippen molar-refractivity contribution in [3.8, 4) is 0 Å². The SMILES string of the molecule is CNC(=O)C(CCC=O)NCC(=O)c1cc(Cl)sc1NC(=O)Cc1ccccc1. The summed E-state index contributed by atoms with van der Waals surface area (Å²) in [6.45, 7) is -0.133. The molecule has 0 aliphatic carbocycles. The van der Waals surface area contributed by atoms with Gasteiger partial charge in [0.1, 0.15) is 11.3 Å². The highest BCUT2D eigenvalue weighted by Gasteiger charge is 2.21. The summed E-state index contributed by atoms with van der Waals surface area (Å²) in [6.07, 6.45) is 1.37. The molecule has 1 heterocycles.